The zero-order valence-electron chi connectivity index (χ0n) is 11.6. The topological polar surface area (TPSA) is 49.4 Å². The predicted octanol–water partition coefficient (Wildman–Crippen LogP) is 1.83. The van der Waals surface area contributed by atoms with E-state index in [9.17, 15) is 12.8 Å². The lowest BCUT2D eigenvalue weighted by molar-refractivity contribution is 0.271. The Hall–Kier alpha value is -0.980. The fourth-order valence-electron chi connectivity index (χ4n) is 1.53. The number of hydrogen-bond donors (Lipinski definition) is 1. The van der Waals surface area contributed by atoms with Gasteiger partial charge in [0.15, 0.2) is 0 Å². The summed E-state index contributed by atoms with van der Waals surface area (Å²) in [7, 11) is -1.77. The van der Waals surface area contributed by atoms with Crippen LogP contribution in [0.2, 0.25) is 0 Å². The first kappa shape index (κ1) is 16.1. The van der Waals surface area contributed by atoms with Crippen molar-refractivity contribution in [2.45, 2.75) is 31.2 Å². The number of sulfonamides is 1. The molecule has 0 radical (unpaired) electrons. The smallest absolute Gasteiger partial charge is 0.243 e. The van der Waals surface area contributed by atoms with Crippen molar-refractivity contribution in [1.29, 1.82) is 0 Å². The molecule has 19 heavy (non-hydrogen) atoms. The molecule has 0 aromatic heterocycles. The molecule has 108 valence electrons. The van der Waals surface area contributed by atoms with E-state index in [2.05, 4.69) is 23.5 Å². The van der Waals surface area contributed by atoms with Gasteiger partial charge >= 0.3 is 0 Å². The van der Waals surface area contributed by atoms with E-state index in [0.717, 1.165) is 12.6 Å². The zero-order chi connectivity index (χ0) is 14.5. The van der Waals surface area contributed by atoms with Crippen LogP contribution in [0, 0.1) is 5.82 Å². The number of hydrogen-bond acceptors (Lipinski definition) is 3. The fourth-order valence-corrected chi connectivity index (χ4v) is 2.68. The van der Waals surface area contributed by atoms with Crippen molar-refractivity contribution in [3.8, 4) is 0 Å². The number of nitrogens with zero attached hydrogens (tertiary/aromatic N) is 1. The summed E-state index contributed by atoms with van der Waals surface area (Å²) in [5.74, 6) is -0.728. The average molecular weight is 288 g/mol. The molecule has 6 heteroatoms. The largest absolute Gasteiger partial charge is 0.304 e. The Labute approximate surface area is 114 Å². The molecule has 0 heterocycles. The molecule has 4 nitrogen and oxygen atoms in total. The van der Waals surface area contributed by atoms with Gasteiger partial charge in [0.2, 0.25) is 10.0 Å². The zero-order valence-corrected chi connectivity index (χ0v) is 12.4. The Morgan fingerprint density at radius 1 is 1.32 bits per heavy atom. The van der Waals surface area contributed by atoms with Gasteiger partial charge in [-0.15, -0.1) is 0 Å². The first-order valence-electron chi connectivity index (χ1n) is 6.29. The predicted molar refractivity (Wildman–Crippen MR) is 74.0 cm³/mol. The van der Waals surface area contributed by atoms with Crippen molar-refractivity contribution in [3.05, 3.63) is 30.1 Å². The van der Waals surface area contributed by atoms with Crippen molar-refractivity contribution >= 4 is 10.0 Å². The fraction of sp³-hybridized carbons (Fsp3) is 0.538. The van der Waals surface area contributed by atoms with Gasteiger partial charge in [0.1, 0.15) is 10.7 Å². The van der Waals surface area contributed by atoms with Crippen LogP contribution in [0.5, 0.6) is 0 Å². The average Bonchev–Trinajstić information content (AvgIpc) is 2.34. The molecule has 1 N–H and O–H groups in total. The van der Waals surface area contributed by atoms with Gasteiger partial charge in [0, 0.05) is 12.6 Å². The van der Waals surface area contributed by atoms with Gasteiger partial charge in [0.05, 0.1) is 0 Å². The van der Waals surface area contributed by atoms with Crippen molar-refractivity contribution in [3.63, 3.8) is 0 Å². The second-order valence-corrected chi connectivity index (χ2v) is 6.49. The van der Waals surface area contributed by atoms with E-state index in [1.807, 2.05) is 7.05 Å². The van der Waals surface area contributed by atoms with Crippen LogP contribution in [-0.4, -0.2) is 39.5 Å². The number of benzene rings is 1. The highest BCUT2D eigenvalue weighted by Crippen LogP contribution is 2.12. The summed E-state index contributed by atoms with van der Waals surface area (Å²) in [5.41, 5.74) is 0. The van der Waals surface area contributed by atoms with E-state index in [4.69, 9.17) is 0 Å². The van der Waals surface area contributed by atoms with Crippen molar-refractivity contribution in [1.82, 2.24) is 9.62 Å². The second-order valence-electron chi connectivity index (χ2n) is 4.76. The summed E-state index contributed by atoms with van der Waals surface area (Å²) in [5, 5.41) is 0. The van der Waals surface area contributed by atoms with E-state index in [0.29, 0.717) is 19.0 Å². The minimum atomic E-state index is -3.75. The maximum atomic E-state index is 13.4. The Bertz CT molecular complexity index is 503. The summed E-state index contributed by atoms with van der Waals surface area (Å²) in [6.07, 6.45) is 0.683. The standard InChI is InChI=1S/C13H21FN2O2S/c1-11(2)16(3)10-6-9-15-19(17,18)13-8-5-4-7-12(13)14/h4-5,7-8,11,15H,6,9-10H2,1-3H3. The molecule has 0 fully saturated rings. The highest BCUT2D eigenvalue weighted by atomic mass is 32.2. The van der Waals surface area contributed by atoms with Gasteiger partial charge in [0.25, 0.3) is 0 Å². The lowest BCUT2D eigenvalue weighted by Crippen LogP contribution is -2.31. The van der Waals surface area contributed by atoms with Crippen LogP contribution in [0.4, 0.5) is 4.39 Å². The van der Waals surface area contributed by atoms with Gasteiger partial charge in [-0.1, -0.05) is 12.1 Å². The molecule has 0 saturated heterocycles. The molecule has 0 atom stereocenters. The van der Waals surface area contributed by atoms with E-state index in [-0.39, 0.29) is 4.90 Å². The van der Waals surface area contributed by atoms with Crippen molar-refractivity contribution < 1.29 is 12.8 Å². The van der Waals surface area contributed by atoms with E-state index < -0.39 is 15.8 Å². The van der Waals surface area contributed by atoms with Crippen LogP contribution in [0.1, 0.15) is 20.3 Å². The Balaban J connectivity index is 2.51. The molecule has 0 saturated carbocycles. The third kappa shape index (κ3) is 4.89. The molecule has 1 aromatic carbocycles. The molecule has 0 amide bonds. The molecule has 0 aliphatic rings. The monoisotopic (exact) mass is 288 g/mol. The maximum absolute atomic E-state index is 13.4. The Kier molecular flexibility index (Phi) is 5.90. The first-order valence-corrected chi connectivity index (χ1v) is 7.77. The van der Waals surface area contributed by atoms with Crippen molar-refractivity contribution in [2.75, 3.05) is 20.1 Å². The SMILES string of the molecule is CC(C)N(C)CCCNS(=O)(=O)c1ccccc1F. The summed E-state index contributed by atoms with van der Waals surface area (Å²) in [4.78, 5) is 1.82. The van der Waals surface area contributed by atoms with Gasteiger partial charge in [-0.2, -0.15) is 0 Å². The van der Waals surface area contributed by atoms with E-state index >= 15 is 0 Å². The highest BCUT2D eigenvalue weighted by molar-refractivity contribution is 7.89. The summed E-state index contributed by atoms with van der Waals surface area (Å²) < 4.78 is 39.6. The van der Waals surface area contributed by atoms with Gasteiger partial charge < -0.3 is 4.90 Å². The van der Waals surface area contributed by atoms with Crippen LogP contribution in [-0.2, 0) is 10.0 Å². The Morgan fingerprint density at radius 3 is 2.53 bits per heavy atom. The number of halogens is 1. The quantitative estimate of drug-likeness (QED) is 0.779. The Morgan fingerprint density at radius 2 is 1.95 bits per heavy atom. The second kappa shape index (κ2) is 6.98. The summed E-state index contributed by atoms with van der Waals surface area (Å²) in [6, 6.07) is 5.79. The third-order valence-corrected chi connectivity index (χ3v) is 4.48. The molecule has 0 aliphatic heterocycles. The van der Waals surface area contributed by atoms with E-state index in [1.54, 1.807) is 0 Å². The minimum Gasteiger partial charge on any atom is -0.304 e. The summed E-state index contributed by atoms with van der Waals surface area (Å²) in [6.45, 7) is 5.23. The normalized spacial score (nSPS) is 12.3. The first-order chi connectivity index (χ1) is 8.84. The van der Waals surface area contributed by atoms with Crippen LogP contribution < -0.4 is 4.72 Å². The molecule has 1 aromatic rings. The van der Waals surface area contributed by atoms with Crippen LogP contribution >= 0.6 is 0 Å². The number of rotatable bonds is 7. The lowest BCUT2D eigenvalue weighted by Gasteiger charge is -2.20. The van der Waals surface area contributed by atoms with Gasteiger partial charge in [-0.3, -0.25) is 0 Å². The molecule has 0 bridgehead atoms. The molecule has 0 spiro atoms. The molecule has 0 aliphatic carbocycles. The molecule has 0 unspecified atom stereocenters. The summed E-state index contributed by atoms with van der Waals surface area (Å²) >= 11 is 0. The van der Waals surface area contributed by atoms with Crippen LogP contribution in [0.3, 0.4) is 0 Å². The van der Waals surface area contributed by atoms with Crippen LogP contribution in [0.15, 0.2) is 29.2 Å². The molecular weight excluding hydrogens is 267 g/mol. The molecular formula is C13H21FN2O2S. The van der Waals surface area contributed by atoms with Crippen molar-refractivity contribution in [2.24, 2.45) is 0 Å². The highest BCUT2D eigenvalue weighted by Gasteiger charge is 2.17. The maximum Gasteiger partial charge on any atom is 0.243 e. The third-order valence-electron chi connectivity index (χ3n) is 2.99. The molecule has 1 rings (SSSR count). The van der Waals surface area contributed by atoms with Crippen LogP contribution in [0.25, 0.3) is 0 Å². The van der Waals surface area contributed by atoms with Gasteiger partial charge in [-0.25, -0.2) is 17.5 Å². The van der Waals surface area contributed by atoms with E-state index in [1.165, 1.54) is 18.2 Å². The lowest BCUT2D eigenvalue weighted by atomic mass is 10.3. The van der Waals surface area contributed by atoms with Gasteiger partial charge in [-0.05, 0) is 46.0 Å². The minimum absolute atomic E-state index is 0.299. The number of nitrogens with one attached hydrogen (secondary N) is 1.